The molecule has 2 N–H and O–H groups in total. The largest absolute Gasteiger partial charge is 0.508 e. The predicted octanol–water partition coefficient (Wildman–Crippen LogP) is 1.77. The second kappa shape index (κ2) is 8.39. The number of ketones is 1. The molecular formula is C21H22O7. The van der Waals surface area contributed by atoms with Crippen molar-refractivity contribution in [1.82, 2.24) is 0 Å². The van der Waals surface area contributed by atoms with Crippen LogP contribution in [0.4, 0.5) is 0 Å². The van der Waals surface area contributed by atoms with Crippen molar-refractivity contribution >= 4 is 23.8 Å². The van der Waals surface area contributed by atoms with Gasteiger partial charge >= 0.3 is 11.9 Å². The third kappa shape index (κ3) is 4.86. The Morgan fingerprint density at radius 1 is 1.29 bits per heavy atom. The molecule has 0 radical (unpaired) electrons. The Balaban J connectivity index is 1.48. The van der Waals surface area contributed by atoms with Gasteiger partial charge in [0.05, 0.1) is 6.10 Å². The number of carbonyl (C=O) groups excluding carboxylic acids is 3. The number of phenolic OH excluding ortho intramolecular Hbond substituents is 1. The lowest BCUT2D eigenvalue weighted by atomic mass is 10.0. The van der Waals surface area contributed by atoms with Crippen LogP contribution in [0.2, 0.25) is 0 Å². The Morgan fingerprint density at radius 2 is 2.00 bits per heavy atom. The number of hydrogen-bond donors (Lipinski definition) is 2. The zero-order chi connectivity index (χ0) is 20.3. The molecule has 1 fully saturated rings. The van der Waals surface area contributed by atoms with Gasteiger partial charge in [-0.2, -0.15) is 0 Å². The number of esters is 2. The molecule has 1 aromatic rings. The summed E-state index contributed by atoms with van der Waals surface area (Å²) in [6.45, 7) is 1.50. The molecule has 7 nitrogen and oxygen atoms in total. The Bertz CT molecular complexity index is 809. The fourth-order valence-electron chi connectivity index (χ4n) is 3.26. The number of Topliss-reactive ketones (excluding diaryl/α,β-unsaturated/α-hetero) is 1. The number of phenols is 1. The van der Waals surface area contributed by atoms with E-state index in [1.165, 1.54) is 37.3 Å². The molecule has 3 rings (SSSR count). The van der Waals surface area contributed by atoms with Crippen molar-refractivity contribution in [2.24, 2.45) is 11.8 Å². The van der Waals surface area contributed by atoms with E-state index in [0.29, 0.717) is 18.4 Å². The van der Waals surface area contributed by atoms with Gasteiger partial charge in [-0.25, -0.2) is 9.59 Å². The van der Waals surface area contributed by atoms with Crippen LogP contribution < -0.4 is 0 Å². The summed E-state index contributed by atoms with van der Waals surface area (Å²) in [6, 6.07) is 6.26. The highest BCUT2D eigenvalue weighted by molar-refractivity contribution is 5.93. The van der Waals surface area contributed by atoms with Gasteiger partial charge in [-0.3, -0.25) is 4.79 Å². The molecule has 2 aliphatic rings. The van der Waals surface area contributed by atoms with E-state index in [4.69, 9.17) is 9.47 Å². The molecule has 0 amide bonds. The second-order valence-electron chi connectivity index (χ2n) is 7.02. The van der Waals surface area contributed by atoms with Gasteiger partial charge in [-0.05, 0) is 43.0 Å². The highest BCUT2D eigenvalue weighted by atomic mass is 16.6. The van der Waals surface area contributed by atoms with E-state index in [1.54, 1.807) is 18.2 Å². The van der Waals surface area contributed by atoms with Crippen molar-refractivity contribution in [2.75, 3.05) is 0 Å². The lowest BCUT2D eigenvalue weighted by molar-refractivity contribution is -0.152. The van der Waals surface area contributed by atoms with Crippen molar-refractivity contribution in [3.05, 3.63) is 48.1 Å². The summed E-state index contributed by atoms with van der Waals surface area (Å²) in [4.78, 5) is 35.7. The average Bonchev–Trinajstić information content (AvgIpc) is 3.47. The molecule has 0 unspecified atom stereocenters. The SMILES string of the molecule is C[C@H](OC(=O)/C=C\c1ccc(O)cc1)C(=O)[C@H]1C[C@@H]1[C@H](O)[C@H]1CC=CC(=O)O1. The van der Waals surface area contributed by atoms with Crippen molar-refractivity contribution in [2.45, 2.75) is 38.1 Å². The molecule has 7 heteroatoms. The van der Waals surface area contributed by atoms with E-state index >= 15 is 0 Å². The molecule has 28 heavy (non-hydrogen) atoms. The zero-order valence-electron chi connectivity index (χ0n) is 15.4. The number of carbonyl (C=O) groups is 3. The third-order valence-electron chi connectivity index (χ3n) is 4.91. The minimum Gasteiger partial charge on any atom is -0.508 e. The van der Waals surface area contributed by atoms with Gasteiger partial charge in [0.15, 0.2) is 11.9 Å². The van der Waals surface area contributed by atoms with Crippen LogP contribution in [-0.2, 0) is 23.9 Å². The second-order valence-corrected chi connectivity index (χ2v) is 7.02. The topological polar surface area (TPSA) is 110 Å². The Hall–Kier alpha value is -2.93. The Morgan fingerprint density at radius 3 is 2.68 bits per heavy atom. The maximum absolute atomic E-state index is 12.5. The number of aliphatic hydroxyl groups excluding tert-OH is 1. The molecule has 1 aliphatic carbocycles. The fourth-order valence-corrected chi connectivity index (χ4v) is 3.26. The number of aliphatic hydroxyl groups is 1. The number of cyclic esters (lactones) is 1. The minimum atomic E-state index is -0.937. The summed E-state index contributed by atoms with van der Waals surface area (Å²) >= 11 is 0. The van der Waals surface area contributed by atoms with Gasteiger partial charge in [-0.15, -0.1) is 0 Å². The first-order chi connectivity index (χ1) is 13.3. The standard InChI is InChI=1S/C21H22O7/c1-12(27-19(24)10-7-13-5-8-14(22)9-6-13)20(25)15-11-16(15)21(26)17-3-2-4-18(23)28-17/h2,4-10,12,15-17,21-22,26H,3,11H2,1H3/b10-7-/t12-,15-,16-,17+,21-/m0/s1. The van der Waals surface area contributed by atoms with E-state index in [0.717, 1.165) is 0 Å². The molecule has 1 saturated carbocycles. The Labute approximate surface area is 162 Å². The first kappa shape index (κ1) is 19.8. The van der Waals surface area contributed by atoms with Gasteiger partial charge in [-0.1, -0.05) is 18.2 Å². The monoisotopic (exact) mass is 386 g/mol. The molecule has 0 spiro atoms. The summed E-state index contributed by atoms with van der Waals surface area (Å²) in [6.07, 6.45) is 4.08. The van der Waals surface area contributed by atoms with Crippen LogP contribution >= 0.6 is 0 Å². The third-order valence-corrected chi connectivity index (χ3v) is 4.91. The zero-order valence-corrected chi connectivity index (χ0v) is 15.4. The van der Waals surface area contributed by atoms with Crippen LogP contribution in [-0.4, -0.2) is 46.2 Å². The Kier molecular flexibility index (Phi) is 5.94. The molecule has 5 atom stereocenters. The maximum atomic E-state index is 12.5. The van der Waals surface area contributed by atoms with Crippen LogP contribution in [0.15, 0.2) is 42.5 Å². The van der Waals surface area contributed by atoms with Crippen molar-refractivity contribution in [1.29, 1.82) is 0 Å². The summed E-state index contributed by atoms with van der Waals surface area (Å²) < 4.78 is 10.2. The van der Waals surface area contributed by atoms with Crippen molar-refractivity contribution in [3.63, 3.8) is 0 Å². The average molecular weight is 386 g/mol. The number of hydrogen-bond acceptors (Lipinski definition) is 7. The highest BCUT2D eigenvalue weighted by Gasteiger charge is 2.51. The quantitative estimate of drug-likeness (QED) is 0.543. The fraction of sp³-hybridized carbons (Fsp3) is 0.381. The van der Waals surface area contributed by atoms with E-state index < -0.39 is 36.2 Å². The molecule has 1 aliphatic heterocycles. The van der Waals surface area contributed by atoms with E-state index in [1.807, 2.05) is 0 Å². The summed E-state index contributed by atoms with van der Waals surface area (Å²) in [7, 11) is 0. The lowest BCUT2D eigenvalue weighted by Gasteiger charge is -2.24. The number of ether oxygens (including phenoxy) is 2. The van der Waals surface area contributed by atoms with Crippen LogP contribution in [0.3, 0.4) is 0 Å². The number of aromatic hydroxyl groups is 1. The van der Waals surface area contributed by atoms with Gasteiger partial charge in [0.1, 0.15) is 11.9 Å². The normalized spacial score (nSPS) is 25.8. The molecule has 0 aromatic heterocycles. The summed E-state index contributed by atoms with van der Waals surface area (Å²) in [5, 5.41) is 19.6. The van der Waals surface area contributed by atoms with Gasteiger partial charge in [0, 0.05) is 24.5 Å². The molecule has 0 bridgehead atoms. The van der Waals surface area contributed by atoms with Crippen molar-refractivity contribution in [3.8, 4) is 5.75 Å². The number of benzene rings is 1. The first-order valence-electron chi connectivity index (χ1n) is 9.12. The molecule has 148 valence electrons. The van der Waals surface area contributed by atoms with Crippen LogP contribution in [0, 0.1) is 11.8 Å². The van der Waals surface area contributed by atoms with Gasteiger partial charge in [0.25, 0.3) is 0 Å². The van der Waals surface area contributed by atoms with E-state index in [2.05, 4.69) is 0 Å². The van der Waals surface area contributed by atoms with Gasteiger partial charge < -0.3 is 19.7 Å². The lowest BCUT2D eigenvalue weighted by Crippen LogP contribution is -2.35. The van der Waals surface area contributed by atoms with E-state index in [-0.39, 0.29) is 17.5 Å². The van der Waals surface area contributed by atoms with Crippen LogP contribution in [0.1, 0.15) is 25.3 Å². The van der Waals surface area contributed by atoms with Gasteiger partial charge in [0.2, 0.25) is 0 Å². The van der Waals surface area contributed by atoms with E-state index in [9.17, 15) is 24.6 Å². The van der Waals surface area contributed by atoms with Crippen LogP contribution in [0.5, 0.6) is 5.75 Å². The van der Waals surface area contributed by atoms with Crippen molar-refractivity contribution < 1.29 is 34.1 Å². The summed E-state index contributed by atoms with van der Waals surface area (Å²) in [5.74, 6) is -2.00. The summed E-state index contributed by atoms with van der Waals surface area (Å²) in [5.41, 5.74) is 0.704. The molecular weight excluding hydrogens is 364 g/mol. The smallest absolute Gasteiger partial charge is 0.331 e. The first-order valence-corrected chi connectivity index (χ1v) is 9.12. The molecule has 1 heterocycles. The molecule has 1 aromatic carbocycles. The highest BCUT2D eigenvalue weighted by Crippen LogP contribution is 2.44. The minimum absolute atomic E-state index is 0.124. The maximum Gasteiger partial charge on any atom is 0.331 e. The molecule has 0 saturated heterocycles. The predicted molar refractivity (Wildman–Crippen MR) is 98.9 cm³/mol. The number of rotatable bonds is 7. The van der Waals surface area contributed by atoms with Crippen LogP contribution in [0.25, 0.3) is 6.08 Å².